The average molecular weight is 593 g/mol. The van der Waals surface area contributed by atoms with Gasteiger partial charge in [-0.1, -0.05) is 128 Å². The predicted molar refractivity (Wildman–Crippen MR) is 175 cm³/mol. The Morgan fingerprint density at radius 3 is 1.51 bits per heavy atom. The molecule has 0 aromatic heterocycles. The quantitative estimate of drug-likeness (QED) is 0.0657. The van der Waals surface area contributed by atoms with Gasteiger partial charge in [-0.3, -0.25) is 0 Å². The Kier molecular flexibility index (Phi) is 15.8. The van der Waals surface area contributed by atoms with Crippen molar-refractivity contribution in [2.75, 3.05) is 26.4 Å². The van der Waals surface area contributed by atoms with Crippen molar-refractivity contribution in [3.63, 3.8) is 0 Å². The van der Waals surface area contributed by atoms with Crippen LogP contribution in [0.4, 0.5) is 0 Å². The van der Waals surface area contributed by atoms with Crippen LogP contribution in [0.25, 0.3) is 21.5 Å². The van der Waals surface area contributed by atoms with E-state index in [2.05, 4.69) is 32.9 Å². The third-order valence-corrected chi connectivity index (χ3v) is 7.72. The van der Waals surface area contributed by atoms with E-state index < -0.39 is 0 Å². The van der Waals surface area contributed by atoms with E-state index >= 15 is 0 Å². The maximum absolute atomic E-state index is 12.6. The van der Waals surface area contributed by atoms with Crippen LogP contribution in [0.3, 0.4) is 0 Å². The average Bonchev–Trinajstić information content (AvgIpc) is 3.02. The largest absolute Gasteiger partial charge is 0.481 e. The van der Waals surface area contributed by atoms with Crippen molar-refractivity contribution >= 4 is 33.5 Å². The second-order valence-electron chi connectivity index (χ2n) is 11.4. The highest BCUT2D eigenvalue weighted by atomic mass is 16.6. The van der Waals surface area contributed by atoms with Gasteiger partial charge in [0.15, 0.2) is 13.2 Å². The second-order valence-corrected chi connectivity index (χ2v) is 11.4. The summed E-state index contributed by atoms with van der Waals surface area (Å²) in [5.74, 6) is 0.493. The smallest absolute Gasteiger partial charge is 0.344 e. The molecule has 0 radical (unpaired) electrons. The van der Waals surface area contributed by atoms with Crippen LogP contribution in [-0.4, -0.2) is 38.4 Å². The van der Waals surface area contributed by atoms with E-state index in [4.69, 9.17) is 18.9 Å². The lowest BCUT2D eigenvalue weighted by atomic mass is 9.97. The van der Waals surface area contributed by atoms with Crippen molar-refractivity contribution in [1.29, 1.82) is 0 Å². The lowest BCUT2D eigenvalue weighted by molar-refractivity contribution is -0.147. The SMILES string of the molecule is CCCCCCCCOC(=O)COc1c2ccccc2c(OCC(=O)OCCCCCCCC)c2cc(CCC)ccc12. The molecule has 0 bridgehead atoms. The molecule has 0 spiro atoms. The second kappa shape index (κ2) is 19.8. The molecule has 0 aliphatic carbocycles. The lowest BCUT2D eigenvalue weighted by Crippen LogP contribution is -2.17. The number of hydrogen-bond acceptors (Lipinski definition) is 6. The zero-order chi connectivity index (χ0) is 30.7. The van der Waals surface area contributed by atoms with Crippen molar-refractivity contribution in [3.8, 4) is 11.5 Å². The lowest BCUT2D eigenvalue weighted by Gasteiger charge is -2.18. The monoisotopic (exact) mass is 592 g/mol. The van der Waals surface area contributed by atoms with Crippen molar-refractivity contribution in [3.05, 3.63) is 48.0 Å². The van der Waals surface area contributed by atoms with E-state index in [1.807, 2.05) is 30.3 Å². The maximum atomic E-state index is 12.6. The van der Waals surface area contributed by atoms with E-state index in [0.29, 0.717) is 24.7 Å². The molecule has 3 rings (SSSR count). The molecule has 0 saturated carbocycles. The number of aryl methyl sites for hydroxylation is 1. The third kappa shape index (κ3) is 11.4. The molecule has 3 aromatic carbocycles. The van der Waals surface area contributed by atoms with Crippen LogP contribution in [0.1, 0.15) is 110 Å². The minimum Gasteiger partial charge on any atom is -0.481 e. The van der Waals surface area contributed by atoms with E-state index in [1.54, 1.807) is 0 Å². The molecule has 6 nitrogen and oxygen atoms in total. The Morgan fingerprint density at radius 2 is 1.00 bits per heavy atom. The van der Waals surface area contributed by atoms with Gasteiger partial charge >= 0.3 is 11.9 Å². The Hall–Kier alpha value is -3.28. The van der Waals surface area contributed by atoms with E-state index in [0.717, 1.165) is 60.1 Å². The Morgan fingerprint density at radius 1 is 0.535 bits per heavy atom. The van der Waals surface area contributed by atoms with E-state index in [9.17, 15) is 9.59 Å². The zero-order valence-electron chi connectivity index (χ0n) is 26.7. The molecule has 0 atom stereocenters. The van der Waals surface area contributed by atoms with Gasteiger partial charge in [0.2, 0.25) is 0 Å². The minimum atomic E-state index is -0.373. The molecular formula is C37H52O6. The molecule has 6 heteroatoms. The first-order valence-electron chi connectivity index (χ1n) is 16.6. The number of unbranched alkanes of at least 4 members (excludes halogenated alkanes) is 10. The van der Waals surface area contributed by atoms with Crippen LogP contribution < -0.4 is 9.47 Å². The van der Waals surface area contributed by atoms with Gasteiger partial charge in [-0.25, -0.2) is 9.59 Å². The number of benzene rings is 3. The first-order chi connectivity index (χ1) is 21.1. The van der Waals surface area contributed by atoms with E-state index in [-0.39, 0.29) is 25.2 Å². The van der Waals surface area contributed by atoms with Gasteiger partial charge in [-0.05, 0) is 30.9 Å². The number of esters is 2. The molecule has 0 saturated heterocycles. The topological polar surface area (TPSA) is 71.1 Å². The molecule has 43 heavy (non-hydrogen) atoms. The molecule has 236 valence electrons. The van der Waals surface area contributed by atoms with Crippen LogP contribution in [0.2, 0.25) is 0 Å². The number of fused-ring (bicyclic) bond motifs is 2. The molecule has 0 fully saturated rings. The zero-order valence-corrected chi connectivity index (χ0v) is 26.7. The van der Waals surface area contributed by atoms with Gasteiger partial charge in [0.05, 0.1) is 13.2 Å². The summed E-state index contributed by atoms with van der Waals surface area (Å²) in [6.45, 7) is 7.04. The van der Waals surface area contributed by atoms with Crippen LogP contribution >= 0.6 is 0 Å². The highest BCUT2D eigenvalue weighted by molar-refractivity contribution is 6.11. The summed E-state index contributed by atoms with van der Waals surface area (Å²) in [6, 6.07) is 14.0. The number of carbonyl (C=O) groups is 2. The van der Waals surface area contributed by atoms with Crippen molar-refractivity contribution in [2.45, 2.75) is 111 Å². The summed E-state index contributed by atoms with van der Waals surface area (Å²) >= 11 is 0. The molecule has 3 aromatic rings. The Labute approximate surface area is 258 Å². The maximum Gasteiger partial charge on any atom is 0.344 e. The molecule has 0 aliphatic heterocycles. The third-order valence-electron chi connectivity index (χ3n) is 7.72. The summed E-state index contributed by atoms with van der Waals surface area (Å²) in [4.78, 5) is 25.1. The molecule has 0 heterocycles. The van der Waals surface area contributed by atoms with Crippen molar-refractivity contribution in [1.82, 2.24) is 0 Å². The molecule has 0 aliphatic rings. The fourth-order valence-corrected chi connectivity index (χ4v) is 5.38. The molecule has 0 N–H and O–H groups in total. The van der Waals surface area contributed by atoms with E-state index in [1.165, 1.54) is 56.9 Å². The Bertz CT molecular complexity index is 1270. The van der Waals surface area contributed by atoms with Gasteiger partial charge in [0.25, 0.3) is 0 Å². The summed E-state index contributed by atoms with van der Waals surface area (Å²) in [5.41, 5.74) is 1.17. The fourth-order valence-electron chi connectivity index (χ4n) is 5.38. The van der Waals surface area contributed by atoms with Gasteiger partial charge in [0.1, 0.15) is 11.5 Å². The number of rotatable bonds is 22. The molecule has 0 unspecified atom stereocenters. The summed E-state index contributed by atoms with van der Waals surface area (Å²) in [7, 11) is 0. The summed E-state index contributed by atoms with van der Waals surface area (Å²) in [5, 5.41) is 3.32. The normalized spacial score (nSPS) is 11.1. The predicted octanol–water partition coefficient (Wildman–Crippen LogP) is 9.51. The van der Waals surface area contributed by atoms with Crippen LogP contribution in [0, 0.1) is 0 Å². The van der Waals surface area contributed by atoms with Gasteiger partial charge < -0.3 is 18.9 Å². The van der Waals surface area contributed by atoms with Crippen LogP contribution in [0.5, 0.6) is 11.5 Å². The number of hydrogen-bond donors (Lipinski definition) is 0. The van der Waals surface area contributed by atoms with Crippen molar-refractivity contribution in [2.24, 2.45) is 0 Å². The molecule has 0 amide bonds. The number of carbonyl (C=O) groups excluding carboxylic acids is 2. The summed E-state index contributed by atoms with van der Waals surface area (Å²) < 4.78 is 23.3. The van der Waals surface area contributed by atoms with Gasteiger partial charge in [0, 0.05) is 21.5 Å². The highest BCUT2D eigenvalue weighted by Gasteiger charge is 2.19. The van der Waals surface area contributed by atoms with Gasteiger partial charge in [-0.15, -0.1) is 0 Å². The Balaban J connectivity index is 1.71. The molecular weight excluding hydrogens is 540 g/mol. The van der Waals surface area contributed by atoms with Gasteiger partial charge in [-0.2, -0.15) is 0 Å². The fraction of sp³-hybridized carbons (Fsp3) is 0.568. The highest BCUT2D eigenvalue weighted by Crippen LogP contribution is 2.43. The van der Waals surface area contributed by atoms with Crippen LogP contribution in [0.15, 0.2) is 42.5 Å². The first-order valence-corrected chi connectivity index (χ1v) is 16.6. The first kappa shape index (κ1) is 34.2. The minimum absolute atomic E-state index is 0.169. The van der Waals surface area contributed by atoms with Crippen LogP contribution in [-0.2, 0) is 25.5 Å². The van der Waals surface area contributed by atoms with Crippen molar-refractivity contribution < 1.29 is 28.5 Å². The number of ether oxygens (including phenoxy) is 4. The summed E-state index contributed by atoms with van der Waals surface area (Å²) in [6.07, 6.45) is 15.5. The standard InChI is InChI=1S/C37H52O6/c1-4-7-9-11-13-17-24-40-34(38)27-42-36-30-20-15-16-21-31(30)37(33-26-29(19-6-3)22-23-32(33)36)43-28-35(39)41-25-18-14-12-10-8-5-2/h15-16,20-23,26H,4-14,17-19,24-25,27-28H2,1-3H3.